The van der Waals surface area contributed by atoms with Crippen LogP contribution in [0.3, 0.4) is 0 Å². The Morgan fingerprint density at radius 3 is 3.08 bits per heavy atom. The van der Waals surface area contributed by atoms with Crippen molar-refractivity contribution in [1.82, 2.24) is 9.97 Å². The second kappa shape index (κ2) is 8.68. The number of piperidine rings is 1. The van der Waals surface area contributed by atoms with Crippen LogP contribution in [-0.2, 0) is 4.79 Å². The minimum absolute atomic E-state index is 0.0217. The fraction of sp³-hybridized carbons (Fsp3) is 0.389. The number of hydrogen-bond donors (Lipinski definition) is 1. The average molecular weight is 395 g/mol. The number of halogens is 2. The van der Waals surface area contributed by atoms with Gasteiger partial charge in [-0.05, 0) is 38.3 Å². The zero-order chi connectivity index (χ0) is 18.5. The molecule has 1 aromatic heterocycles. The van der Waals surface area contributed by atoms with Gasteiger partial charge in [0, 0.05) is 18.7 Å². The number of hydrogen-bond acceptors (Lipinski definition) is 5. The zero-order valence-corrected chi connectivity index (χ0v) is 16.0. The molecule has 0 spiro atoms. The van der Waals surface area contributed by atoms with Gasteiger partial charge in [0.25, 0.3) is 0 Å². The number of amides is 1. The Balaban J connectivity index is 1.60. The Bertz CT molecular complexity index is 792. The minimum Gasteiger partial charge on any atom is -0.354 e. The van der Waals surface area contributed by atoms with Crippen molar-refractivity contribution >= 4 is 40.8 Å². The fourth-order valence-electron chi connectivity index (χ4n) is 2.93. The molecule has 1 aliphatic rings. The van der Waals surface area contributed by atoms with Crippen molar-refractivity contribution in [3.63, 3.8) is 0 Å². The molecular formula is C18H20ClFN4OS. The van der Waals surface area contributed by atoms with E-state index in [4.69, 9.17) is 11.6 Å². The van der Waals surface area contributed by atoms with E-state index in [2.05, 4.69) is 27.1 Å². The number of aromatic nitrogens is 2. The molecule has 0 bridgehead atoms. The van der Waals surface area contributed by atoms with Crippen LogP contribution in [0.4, 0.5) is 15.9 Å². The standard InChI is InChI=1S/C18H20ClFN4OS/c1-12-5-2-3-8-24(12)15-9-17(22-11-21-15)26-10-16(25)23-14-7-4-6-13(19)18(14)20/h4,6-7,9,11-12H,2-3,5,8,10H2,1H3,(H,23,25). The van der Waals surface area contributed by atoms with Gasteiger partial charge < -0.3 is 10.2 Å². The maximum atomic E-state index is 13.8. The zero-order valence-electron chi connectivity index (χ0n) is 14.4. The van der Waals surface area contributed by atoms with Gasteiger partial charge in [0.15, 0.2) is 5.82 Å². The molecular weight excluding hydrogens is 375 g/mol. The molecule has 1 fully saturated rings. The molecule has 0 saturated carbocycles. The van der Waals surface area contributed by atoms with Crippen LogP contribution in [0.25, 0.3) is 0 Å². The highest BCUT2D eigenvalue weighted by atomic mass is 35.5. The molecule has 5 nitrogen and oxygen atoms in total. The number of carbonyl (C=O) groups is 1. The molecule has 26 heavy (non-hydrogen) atoms. The van der Waals surface area contributed by atoms with E-state index in [9.17, 15) is 9.18 Å². The number of anilines is 2. The Labute approximate surface area is 161 Å². The van der Waals surface area contributed by atoms with Crippen molar-refractivity contribution < 1.29 is 9.18 Å². The summed E-state index contributed by atoms with van der Waals surface area (Å²) in [5.41, 5.74) is 0.0774. The molecule has 1 unspecified atom stereocenters. The lowest BCUT2D eigenvalue weighted by Gasteiger charge is -2.34. The summed E-state index contributed by atoms with van der Waals surface area (Å²) in [6.07, 6.45) is 5.07. The van der Waals surface area contributed by atoms with Crippen LogP contribution >= 0.6 is 23.4 Å². The third-order valence-corrected chi connectivity index (χ3v) is 5.52. The Morgan fingerprint density at radius 1 is 1.42 bits per heavy atom. The van der Waals surface area contributed by atoms with Crippen LogP contribution in [0.5, 0.6) is 0 Å². The molecule has 1 atom stereocenters. The van der Waals surface area contributed by atoms with Crippen molar-refractivity contribution in [3.8, 4) is 0 Å². The quantitative estimate of drug-likeness (QED) is 0.602. The topological polar surface area (TPSA) is 58.1 Å². The van der Waals surface area contributed by atoms with Crippen molar-refractivity contribution in [2.45, 2.75) is 37.3 Å². The van der Waals surface area contributed by atoms with Crippen molar-refractivity contribution in [3.05, 3.63) is 41.4 Å². The average Bonchev–Trinajstić information content (AvgIpc) is 2.64. The summed E-state index contributed by atoms with van der Waals surface area (Å²) in [7, 11) is 0. The second-order valence-corrected chi connectivity index (χ2v) is 7.59. The summed E-state index contributed by atoms with van der Waals surface area (Å²) in [5.74, 6) is 0.0624. The van der Waals surface area contributed by atoms with Crippen LogP contribution in [0, 0.1) is 5.82 Å². The molecule has 0 aliphatic carbocycles. The van der Waals surface area contributed by atoms with E-state index in [1.807, 2.05) is 6.07 Å². The molecule has 3 rings (SSSR count). The van der Waals surface area contributed by atoms with Crippen LogP contribution < -0.4 is 10.2 Å². The molecule has 8 heteroatoms. The van der Waals surface area contributed by atoms with Gasteiger partial charge in [-0.25, -0.2) is 14.4 Å². The van der Waals surface area contributed by atoms with Crippen LogP contribution in [0.1, 0.15) is 26.2 Å². The van der Waals surface area contributed by atoms with E-state index < -0.39 is 5.82 Å². The molecule has 1 saturated heterocycles. The number of nitrogens with one attached hydrogen (secondary N) is 1. The molecule has 1 amide bonds. The lowest BCUT2D eigenvalue weighted by atomic mass is 10.0. The molecule has 1 N–H and O–H groups in total. The number of benzene rings is 1. The first-order valence-corrected chi connectivity index (χ1v) is 9.86. The fourth-order valence-corrected chi connectivity index (χ4v) is 3.77. The van der Waals surface area contributed by atoms with Gasteiger partial charge in [0.2, 0.25) is 5.91 Å². The van der Waals surface area contributed by atoms with Crippen molar-refractivity contribution in [1.29, 1.82) is 0 Å². The molecule has 138 valence electrons. The summed E-state index contributed by atoms with van der Waals surface area (Å²) in [4.78, 5) is 23.0. The molecule has 1 aliphatic heterocycles. The van der Waals surface area contributed by atoms with Gasteiger partial charge >= 0.3 is 0 Å². The third kappa shape index (κ3) is 4.65. The van der Waals surface area contributed by atoms with Crippen molar-refractivity contribution in [2.75, 3.05) is 22.5 Å². The summed E-state index contributed by atoms with van der Waals surface area (Å²) in [6, 6.07) is 6.85. The van der Waals surface area contributed by atoms with Gasteiger partial charge in [0.1, 0.15) is 17.2 Å². The normalized spacial score (nSPS) is 17.2. The van der Waals surface area contributed by atoms with E-state index in [1.54, 1.807) is 6.07 Å². The molecule has 1 aromatic carbocycles. The number of nitrogens with zero attached hydrogens (tertiary/aromatic N) is 3. The van der Waals surface area contributed by atoms with Crippen LogP contribution in [0.15, 0.2) is 35.6 Å². The monoisotopic (exact) mass is 394 g/mol. The van der Waals surface area contributed by atoms with E-state index in [0.717, 1.165) is 30.2 Å². The summed E-state index contributed by atoms with van der Waals surface area (Å²) >= 11 is 7.01. The highest BCUT2D eigenvalue weighted by molar-refractivity contribution is 7.99. The third-order valence-electron chi connectivity index (χ3n) is 4.30. The lowest BCUT2D eigenvalue weighted by Crippen LogP contribution is -2.38. The smallest absolute Gasteiger partial charge is 0.234 e. The first kappa shape index (κ1) is 18.9. The van der Waals surface area contributed by atoms with E-state index in [0.29, 0.717) is 6.04 Å². The van der Waals surface area contributed by atoms with Crippen LogP contribution in [0.2, 0.25) is 5.02 Å². The maximum Gasteiger partial charge on any atom is 0.234 e. The Hall–Kier alpha value is -1.86. The van der Waals surface area contributed by atoms with Crippen LogP contribution in [-0.4, -0.2) is 34.2 Å². The van der Waals surface area contributed by atoms with Gasteiger partial charge in [-0.15, -0.1) is 0 Å². The maximum absolute atomic E-state index is 13.8. The van der Waals surface area contributed by atoms with Crippen molar-refractivity contribution in [2.24, 2.45) is 0 Å². The Kier molecular flexibility index (Phi) is 6.32. The first-order chi connectivity index (χ1) is 12.5. The highest BCUT2D eigenvalue weighted by Gasteiger charge is 2.20. The largest absolute Gasteiger partial charge is 0.354 e. The van der Waals surface area contributed by atoms with Gasteiger partial charge in [-0.1, -0.05) is 29.4 Å². The van der Waals surface area contributed by atoms with Gasteiger partial charge in [-0.3, -0.25) is 4.79 Å². The molecule has 2 heterocycles. The number of thioether (sulfide) groups is 1. The van der Waals surface area contributed by atoms with E-state index in [-0.39, 0.29) is 22.4 Å². The van der Waals surface area contributed by atoms with E-state index in [1.165, 1.54) is 36.6 Å². The van der Waals surface area contributed by atoms with Gasteiger partial charge in [-0.2, -0.15) is 0 Å². The SMILES string of the molecule is CC1CCCCN1c1cc(SCC(=O)Nc2cccc(Cl)c2F)ncn1. The number of rotatable bonds is 5. The number of carbonyl (C=O) groups excluding carboxylic acids is 1. The predicted molar refractivity (Wildman–Crippen MR) is 103 cm³/mol. The minimum atomic E-state index is -0.629. The summed E-state index contributed by atoms with van der Waals surface area (Å²) < 4.78 is 13.8. The van der Waals surface area contributed by atoms with Gasteiger partial charge in [0.05, 0.1) is 16.5 Å². The first-order valence-electron chi connectivity index (χ1n) is 8.50. The highest BCUT2D eigenvalue weighted by Crippen LogP contribution is 2.26. The molecule has 0 radical (unpaired) electrons. The molecule has 2 aromatic rings. The second-order valence-electron chi connectivity index (χ2n) is 6.19. The summed E-state index contributed by atoms with van der Waals surface area (Å²) in [5, 5.41) is 3.23. The van der Waals surface area contributed by atoms with E-state index >= 15 is 0 Å². The summed E-state index contributed by atoms with van der Waals surface area (Å²) in [6.45, 7) is 3.18. The Morgan fingerprint density at radius 2 is 2.27 bits per heavy atom. The lowest BCUT2D eigenvalue weighted by molar-refractivity contribution is -0.113. The predicted octanol–water partition coefficient (Wildman–Crippen LogP) is 4.38.